The van der Waals surface area contributed by atoms with E-state index in [1.165, 1.54) is 58.5 Å². The summed E-state index contributed by atoms with van der Waals surface area (Å²) < 4.78 is 2.53. The summed E-state index contributed by atoms with van der Waals surface area (Å²) in [6.07, 6.45) is 0. The van der Waals surface area contributed by atoms with Gasteiger partial charge in [0.15, 0.2) is 0 Å². The van der Waals surface area contributed by atoms with Gasteiger partial charge in [0, 0.05) is 116 Å². The van der Waals surface area contributed by atoms with Crippen molar-refractivity contribution in [3.8, 4) is 44.5 Å². The molecule has 4 aliphatic rings. The van der Waals surface area contributed by atoms with E-state index in [1.807, 2.05) is 11.3 Å². The first-order valence-corrected chi connectivity index (χ1v) is 39.0. The maximum atomic E-state index is 4.00. The molecule has 0 aliphatic carbocycles. The van der Waals surface area contributed by atoms with Gasteiger partial charge in [-0.2, -0.15) is 0 Å². The molecule has 6 nitrogen and oxygen atoms in total. The average molecular weight is 1430 g/mol. The Morgan fingerprint density at radius 1 is 0.243 bits per heavy atom. The van der Waals surface area contributed by atoms with Crippen LogP contribution in [-0.2, 0) is 0 Å². The summed E-state index contributed by atoms with van der Waals surface area (Å²) in [6, 6.07) is 151. The summed E-state index contributed by atoms with van der Waals surface area (Å²) in [5.41, 5.74) is 34.7. The maximum absolute atomic E-state index is 4.00. The van der Waals surface area contributed by atoms with Gasteiger partial charge in [0.2, 0.25) is 0 Å². The summed E-state index contributed by atoms with van der Waals surface area (Å²) >= 11 is 1.88. The molecule has 0 bridgehead atoms. The Labute approximate surface area is 650 Å². The second-order valence-corrected chi connectivity index (χ2v) is 30.1. The van der Waals surface area contributed by atoms with E-state index >= 15 is 0 Å². The van der Waals surface area contributed by atoms with Gasteiger partial charge in [-0.15, -0.1) is 11.3 Å². The number of nitrogens with one attached hydrogen (secondary N) is 1. The van der Waals surface area contributed by atoms with Crippen LogP contribution in [0.5, 0.6) is 0 Å². The monoisotopic (exact) mass is 1430 g/mol. The molecule has 9 heteroatoms. The molecule has 518 valence electrons. The van der Waals surface area contributed by atoms with Gasteiger partial charge in [-0.1, -0.05) is 297 Å². The predicted octanol–water partition coefficient (Wildman–Crippen LogP) is 24.1. The third kappa shape index (κ3) is 10.4. The Morgan fingerprint density at radius 3 is 1.23 bits per heavy atom. The van der Waals surface area contributed by atoms with Crippen molar-refractivity contribution in [1.82, 2.24) is 0 Å². The first kappa shape index (κ1) is 64.1. The zero-order valence-corrected chi connectivity index (χ0v) is 61.3. The zero-order chi connectivity index (χ0) is 73.0. The van der Waals surface area contributed by atoms with E-state index in [0.29, 0.717) is 0 Å². The molecule has 111 heavy (non-hydrogen) atoms. The maximum Gasteiger partial charge on any atom is 0.252 e. The van der Waals surface area contributed by atoms with Gasteiger partial charge in [0.25, 0.3) is 13.4 Å². The molecule has 18 aromatic rings. The number of fused-ring (bicyclic) bond motifs is 11. The van der Waals surface area contributed by atoms with Gasteiger partial charge in [0.1, 0.15) is 0 Å². The van der Waals surface area contributed by atoms with Crippen LogP contribution in [0.25, 0.3) is 64.7 Å². The lowest BCUT2D eigenvalue weighted by molar-refractivity contribution is 1.22. The minimum absolute atomic E-state index is 0.239. The van der Waals surface area contributed by atoms with Crippen molar-refractivity contribution in [3.63, 3.8) is 0 Å². The number of hydrogen-bond donors (Lipinski definition) is 1. The van der Waals surface area contributed by atoms with Crippen LogP contribution in [0.3, 0.4) is 0 Å². The molecule has 22 rings (SSSR count). The van der Waals surface area contributed by atoms with Crippen LogP contribution < -0.4 is 62.6 Å². The first-order chi connectivity index (χ1) is 55.1. The number of thiophene rings is 1. The Bertz CT molecular complexity index is 6680. The van der Waals surface area contributed by atoms with Crippen molar-refractivity contribution < 1.29 is 0 Å². The molecule has 4 aliphatic heterocycles. The number of anilines is 17. The van der Waals surface area contributed by atoms with E-state index < -0.39 is 0 Å². The Kier molecular flexibility index (Phi) is 15.2. The highest BCUT2D eigenvalue weighted by Gasteiger charge is 2.49. The Morgan fingerprint density at radius 2 is 0.649 bits per heavy atom. The zero-order valence-electron chi connectivity index (χ0n) is 60.5. The minimum Gasteiger partial charge on any atom is -0.355 e. The third-order valence-corrected chi connectivity index (χ3v) is 24.2. The lowest BCUT2D eigenvalue weighted by Crippen LogP contribution is -2.65. The number of para-hydroxylation sites is 9. The molecule has 0 atom stereocenters. The van der Waals surface area contributed by atoms with E-state index in [4.69, 9.17) is 0 Å². The highest BCUT2D eigenvalue weighted by atomic mass is 32.1. The standard InChI is InChI=1S/C102H68B2N6S/c1-7-34-68(35-8-1)76-46-19-26-55-87(76)106(73-42-15-5-16-43-73)75-64-97-101-98(65-75)109(89-57-28-21-48-78(89)70-38-11-3-12-39-70)93-67-94-86(66-85(93)104(101)84-54-25-31-60-92(84)108(97)88-56-27-20-47-77(88)69-36-9-2-10-37-69)103-83-53-24-30-59-91(83)107(74-44-17-6-18-45-74)95-62-72(105-71-40-13-4-14-41-71)63-96(100(95)103)110(94)90-58-29-22-49-79(90)81-51-33-52-82-80-50-23-32-61-99(80)111-102(81)82/h1-67,105H. The number of hydrogen-bond acceptors (Lipinski definition) is 7. The number of benzene rings is 17. The molecule has 17 aromatic carbocycles. The van der Waals surface area contributed by atoms with Gasteiger partial charge in [0.05, 0.1) is 28.4 Å². The highest BCUT2D eigenvalue weighted by Crippen LogP contribution is 2.56. The molecule has 0 fully saturated rings. The van der Waals surface area contributed by atoms with E-state index in [9.17, 15) is 0 Å². The van der Waals surface area contributed by atoms with Crippen LogP contribution in [0.1, 0.15) is 0 Å². The second kappa shape index (κ2) is 26.4. The van der Waals surface area contributed by atoms with Crippen molar-refractivity contribution in [1.29, 1.82) is 0 Å². The lowest BCUT2D eigenvalue weighted by atomic mass is 9.30. The first-order valence-electron chi connectivity index (χ1n) is 38.2. The van der Waals surface area contributed by atoms with Crippen molar-refractivity contribution >= 4 is 174 Å². The SMILES string of the molecule is c1ccc(Nc2cc3c4c(c2)N(c2ccccc2-c2cccc5c2sc2ccccc25)c2cc5c(cc2B4c2ccccc2N3c2ccccc2)B2c3ccccc3N(c3ccccc3-c3ccccc3)c3cc(N(c4ccccc4)c4ccccc4-c4ccccc4)cc(c32)N5c2ccccc2-c2ccccc2)cc1. The van der Waals surface area contributed by atoms with E-state index in [2.05, 4.69) is 436 Å². The second-order valence-electron chi connectivity index (χ2n) is 29.1. The normalized spacial score (nSPS) is 12.8. The summed E-state index contributed by atoms with van der Waals surface area (Å²) in [6.45, 7) is -0.524. The summed E-state index contributed by atoms with van der Waals surface area (Å²) in [7, 11) is 0. The minimum atomic E-state index is -0.285. The van der Waals surface area contributed by atoms with Crippen LogP contribution in [0.15, 0.2) is 406 Å². The molecular formula is C102H68B2N6S. The molecule has 1 aromatic heterocycles. The lowest BCUT2D eigenvalue weighted by Gasteiger charge is -2.48. The van der Waals surface area contributed by atoms with Crippen LogP contribution in [0, 0.1) is 0 Å². The van der Waals surface area contributed by atoms with Gasteiger partial charge in [-0.25, -0.2) is 0 Å². The van der Waals surface area contributed by atoms with Crippen molar-refractivity contribution in [2.75, 3.05) is 29.8 Å². The van der Waals surface area contributed by atoms with E-state index in [0.717, 1.165) is 136 Å². The van der Waals surface area contributed by atoms with Crippen LogP contribution in [0.2, 0.25) is 0 Å². The van der Waals surface area contributed by atoms with E-state index in [-0.39, 0.29) is 13.4 Å². The van der Waals surface area contributed by atoms with Gasteiger partial charge >= 0.3 is 0 Å². The third-order valence-electron chi connectivity index (χ3n) is 22.9. The fraction of sp³-hybridized carbons (Fsp3) is 0. The predicted molar refractivity (Wildman–Crippen MR) is 474 cm³/mol. The van der Waals surface area contributed by atoms with E-state index in [1.54, 1.807) is 0 Å². The molecule has 5 heterocycles. The molecule has 0 amide bonds. The van der Waals surface area contributed by atoms with Crippen molar-refractivity contribution in [3.05, 3.63) is 406 Å². The van der Waals surface area contributed by atoms with Gasteiger partial charge < -0.3 is 29.8 Å². The average Bonchev–Trinajstić information content (AvgIpc) is 0.913. The largest absolute Gasteiger partial charge is 0.355 e. The summed E-state index contributed by atoms with van der Waals surface area (Å²) in [5, 5.41) is 6.53. The topological polar surface area (TPSA) is 28.2 Å². The molecule has 1 N–H and O–H groups in total. The molecule has 0 radical (unpaired) electrons. The van der Waals surface area contributed by atoms with Gasteiger partial charge in [-0.05, 0) is 159 Å². The molecule has 0 unspecified atom stereocenters. The number of nitrogens with zero attached hydrogens (tertiary/aromatic N) is 5. The van der Waals surface area contributed by atoms with Crippen molar-refractivity contribution in [2.45, 2.75) is 0 Å². The van der Waals surface area contributed by atoms with Gasteiger partial charge in [-0.3, -0.25) is 0 Å². The molecule has 0 saturated carbocycles. The van der Waals surface area contributed by atoms with Crippen LogP contribution in [-0.4, -0.2) is 13.4 Å². The molecule has 0 saturated heterocycles. The van der Waals surface area contributed by atoms with Crippen LogP contribution in [0.4, 0.5) is 96.7 Å². The van der Waals surface area contributed by atoms with Crippen molar-refractivity contribution in [2.24, 2.45) is 0 Å². The summed E-state index contributed by atoms with van der Waals surface area (Å²) in [5.74, 6) is 0. The molecule has 0 spiro atoms. The smallest absolute Gasteiger partial charge is 0.252 e. The van der Waals surface area contributed by atoms with Crippen LogP contribution >= 0.6 is 11.3 Å². The molecular weight excluding hydrogens is 1360 g/mol. The highest BCUT2D eigenvalue weighted by molar-refractivity contribution is 7.26. The Balaban J connectivity index is 0.895. The quantitative estimate of drug-likeness (QED) is 0.116. The Hall–Kier alpha value is -14.1. The summed E-state index contributed by atoms with van der Waals surface area (Å²) in [4.78, 5) is 12.9. The fourth-order valence-corrected chi connectivity index (χ4v) is 19.6. The fourth-order valence-electron chi connectivity index (χ4n) is 18.3. The number of rotatable bonds is 13.